The van der Waals surface area contributed by atoms with Crippen molar-refractivity contribution in [3.8, 4) is 5.75 Å². The van der Waals surface area contributed by atoms with E-state index < -0.39 is 28.5 Å². The molecule has 2 amide bonds. The second-order valence-corrected chi connectivity index (χ2v) is 12.4. The van der Waals surface area contributed by atoms with Gasteiger partial charge in [-0.25, -0.2) is 8.42 Å². The van der Waals surface area contributed by atoms with Gasteiger partial charge in [-0.1, -0.05) is 54.2 Å². The van der Waals surface area contributed by atoms with Crippen LogP contribution in [0.25, 0.3) is 0 Å². The lowest BCUT2D eigenvalue weighted by Crippen LogP contribution is -2.51. The van der Waals surface area contributed by atoms with Gasteiger partial charge in [-0.15, -0.1) is 0 Å². The number of benzene rings is 3. The molecule has 0 heterocycles. The summed E-state index contributed by atoms with van der Waals surface area (Å²) in [5.41, 5.74) is 0.852. The van der Waals surface area contributed by atoms with Crippen LogP contribution in [0.2, 0.25) is 15.1 Å². The first-order chi connectivity index (χ1) is 19.5. The number of carbonyl (C=O) groups excluding carboxylic acids is 2. The average molecular weight is 641 g/mol. The smallest absolute Gasteiger partial charge is 0.264 e. The van der Waals surface area contributed by atoms with Gasteiger partial charge >= 0.3 is 0 Å². The molecule has 0 radical (unpaired) electrons. The number of rotatable bonds is 13. The van der Waals surface area contributed by atoms with Crippen LogP contribution in [0, 0.1) is 0 Å². The minimum absolute atomic E-state index is 0.00483. The van der Waals surface area contributed by atoms with Gasteiger partial charge in [0.1, 0.15) is 18.3 Å². The minimum atomic E-state index is -4.22. The molecular formula is C29H32Cl3N3O5S. The van der Waals surface area contributed by atoms with Crippen LogP contribution in [-0.2, 0) is 26.2 Å². The number of anilines is 1. The Hall–Kier alpha value is -2.98. The number of ether oxygens (including phenoxy) is 1. The summed E-state index contributed by atoms with van der Waals surface area (Å²) in [6.45, 7) is 3.47. The number of sulfonamides is 1. The van der Waals surface area contributed by atoms with Crippen molar-refractivity contribution in [2.75, 3.05) is 24.5 Å². The molecule has 41 heavy (non-hydrogen) atoms. The third-order valence-corrected chi connectivity index (χ3v) is 9.15. The Morgan fingerprint density at radius 2 is 1.61 bits per heavy atom. The fourth-order valence-corrected chi connectivity index (χ4v) is 5.83. The van der Waals surface area contributed by atoms with Crippen molar-refractivity contribution in [1.82, 2.24) is 10.2 Å². The summed E-state index contributed by atoms with van der Waals surface area (Å²) < 4.78 is 33.9. The molecule has 1 unspecified atom stereocenters. The van der Waals surface area contributed by atoms with Crippen LogP contribution in [0.15, 0.2) is 71.6 Å². The standard InChI is InChI=1S/C29H32Cl3N3O5S/c1-4-5-16-33-29(37)20(2)34(18-21-6-15-26(31)27(32)17-21)28(36)19-35(23-9-7-22(30)8-10-23)41(38,39)25-13-11-24(40-3)12-14-25/h6-15,17,20H,4-5,16,18-19H2,1-3H3,(H,33,37). The molecule has 0 bridgehead atoms. The molecule has 220 valence electrons. The molecule has 1 N–H and O–H groups in total. The monoisotopic (exact) mass is 639 g/mol. The highest BCUT2D eigenvalue weighted by atomic mass is 35.5. The third-order valence-electron chi connectivity index (χ3n) is 6.37. The summed E-state index contributed by atoms with van der Waals surface area (Å²) in [5, 5.41) is 3.89. The van der Waals surface area contributed by atoms with Gasteiger partial charge in [0.2, 0.25) is 11.8 Å². The highest BCUT2D eigenvalue weighted by Crippen LogP contribution is 2.28. The van der Waals surface area contributed by atoms with Gasteiger partial charge in [-0.3, -0.25) is 13.9 Å². The van der Waals surface area contributed by atoms with Crippen LogP contribution in [0.1, 0.15) is 32.3 Å². The number of hydrogen-bond acceptors (Lipinski definition) is 5. The van der Waals surface area contributed by atoms with Crippen LogP contribution < -0.4 is 14.4 Å². The van der Waals surface area contributed by atoms with Crippen LogP contribution in [0.3, 0.4) is 0 Å². The van der Waals surface area contributed by atoms with Crippen molar-refractivity contribution < 1.29 is 22.7 Å². The van der Waals surface area contributed by atoms with E-state index in [4.69, 9.17) is 39.5 Å². The van der Waals surface area contributed by atoms with Gasteiger partial charge in [-0.2, -0.15) is 0 Å². The third kappa shape index (κ3) is 8.52. The van der Waals surface area contributed by atoms with E-state index in [9.17, 15) is 18.0 Å². The van der Waals surface area contributed by atoms with Gasteiger partial charge in [0.05, 0.1) is 27.7 Å². The van der Waals surface area contributed by atoms with Crippen molar-refractivity contribution in [3.63, 3.8) is 0 Å². The molecule has 12 heteroatoms. The van der Waals surface area contributed by atoms with Gasteiger partial charge in [-0.05, 0) is 79.6 Å². The van der Waals surface area contributed by atoms with E-state index in [2.05, 4.69) is 5.32 Å². The van der Waals surface area contributed by atoms with Crippen LogP contribution >= 0.6 is 34.8 Å². The number of unbranched alkanes of at least 4 members (excludes halogenated alkanes) is 1. The molecule has 0 aliphatic heterocycles. The Balaban J connectivity index is 2.01. The molecule has 0 saturated carbocycles. The summed E-state index contributed by atoms with van der Waals surface area (Å²) in [5.74, 6) is -0.474. The lowest BCUT2D eigenvalue weighted by atomic mass is 10.1. The Labute approximate surface area is 256 Å². The Bertz CT molecular complexity index is 1450. The molecule has 0 aliphatic carbocycles. The van der Waals surface area contributed by atoms with E-state index in [1.165, 1.54) is 60.5 Å². The number of hydrogen-bond donors (Lipinski definition) is 1. The van der Waals surface area contributed by atoms with E-state index in [-0.39, 0.29) is 23.0 Å². The zero-order chi connectivity index (χ0) is 30.2. The topological polar surface area (TPSA) is 96.0 Å². The molecule has 0 spiro atoms. The van der Waals surface area contributed by atoms with E-state index in [1.54, 1.807) is 25.1 Å². The zero-order valence-corrected chi connectivity index (χ0v) is 26.0. The van der Waals surface area contributed by atoms with E-state index in [1.807, 2.05) is 6.92 Å². The van der Waals surface area contributed by atoms with E-state index in [0.717, 1.165) is 17.1 Å². The molecule has 3 aromatic carbocycles. The average Bonchev–Trinajstić information content (AvgIpc) is 2.96. The number of carbonyl (C=O) groups is 2. The first-order valence-corrected chi connectivity index (χ1v) is 15.5. The number of amides is 2. The molecule has 0 fully saturated rings. The molecule has 1 atom stereocenters. The number of methoxy groups -OCH3 is 1. The lowest BCUT2D eigenvalue weighted by Gasteiger charge is -2.32. The maximum absolute atomic E-state index is 13.9. The number of halogens is 3. The van der Waals surface area contributed by atoms with Gasteiger partial charge in [0.15, 0.2) is 0 Å². The highest BCUT2D eigenvalue weighted by molar-refractivity contribution is 7.92. The molecule has 8 nitrogen and oxygen atoms in total. The largest absolute Gasteiger partial charge is 0.497 e. The van der Waals surface area contributed by atoms with Crippen molar-refractivity contribution in [2.45, 2.75) is 44.2 Å². The highest BCUT2D eigenvalue weighted by Gasteiger charge is 2.32. The summed E-state index contributed by atoms with van der Waals surface area (Å²) >= 11 is 18.3. The van der Waals surface area contributed by atoms with E-state index in [0.29, 0.717) is 32.9 Å². The Morgan fingerprint density at radius 3 is 2.20 bits per heavy atom. The Kier molecular flexibility index (Phi) is 11.7. The van der Waals surface area contributed by atoms with E-state index >= 15 is 0 Å². The molecule has 3 aromatic rings. The number of nitrogens with zero attached hydrogens (tertiary/aromatic N) is 2. The second kappa shape index (κ2) is 14.8. The number of nitrogens with one attached hydrogen (secondary N) is 1. The van der Waals surface area contributed by atoms with Gasteiger partial charge in [0.25, 0.3) is 10.0 Å². The normalized spacial score (nSPS) is 12.0. The lowest BCUT2D eigenvalue weighted by molar-refractivity contribution is -0.139. The van der Waals surface area contributed by atoms with Crippen LogP contribution in [0.4, 0.5) is 5.69 Å². The molecular weight excluding hydrogens is 609 g/mol. The first kappa shape index (κ1) is 32.5. The quantitative estimate of drug-likeness (QED) is 0.225. The molecule has 3 rings (SSSR count). The van der Waals surface area contributed by atoms with Crippen molar-refractivity contribution in [1.29, 1.82) is 0 Å². The maximum atomic E-state index is 13.9. The predicted octanol–water partition coefficient (Wildman–Crippen LogP) is 6.18. The maximum Gasteiger partial charge on any atom is 0.264 e. The minimum Gasteiger partial charge on any atom is -0.497 e. The van der Waals surface area contributed by atoms with Crippen molar-refractivity contribution in [2.24, 2.45) is 0 Å². The fraction of sp³-hybridized carbons (Fsp3) is 0.310. The fourth-order valence-electron chi connectivity index (χ4n) is 3.96. The van der Waals surface area contributed by atoms with Crippen LogP contribution in [-0.4, -0.2) is 51.4 Å². The summed E-state index contributed by atoms with van der Waals surface area (Å²) in [6, 6.07) is 15.9. The first-order valence-electron chi connectivity index (χ1n) is 12.9. The SMILES string of the molecule is CCCCNC(=O)C(C)N(Cc1ccc(Cl)c(Cl)c1)C(=O)CN(c1ccc(Cl)cc1)S(=O)(=O)c1ccc(OC)cc1. The van der Waals surface area contributed by atoms with Crippen molar-refractivity contribution >= 4 is 62.3 Å². The zero-order valence-electron chi connectivity index (χ0n) is 22.9. The summed E-state index contributed by atoms with van der Waals surface area (Å²) in [7, 11) is -2.74. The Morgan fingerprint density at radius 1 is 0.951 bits per heavy atom. The summed E-state index contributed by atoms with van der Waals surface area (Å²) in [4.78, 5) is 28.3. The predicted molar refractivity (Wildman–Crippen MR) is 163 cm³/mol. The van der Waals surface area contributed by atoms with Gasteiger partial charge < -0.3 is 15.0 Å². The van der Waals surface area contributed by atoms with Gasteiger partial charge in [0, 0.05) is 18.1 Å². The molecule has 0 saturated heterocycles. The second-order valence-electron chi connectivity index (χ2n) is 9.25. The summed E-state index contributed by atoms with van der Waals surface area (Å²) in [6.07, 6.45) is 1.67. The van der Waals surface area contributed by atoms with Crippen LogP contribution in [0.5, 0.6) is 5.75 Å². The van der Waals surface area contributed by atoms with Crippen molar-refractivity contribution in [3.05, 3.63) is 87.4 Å². The molecule has 0 aliphatic rings. The molecule has 0 aromatic heterocycles.